The summed E-state index contributed by atoms with van der Waals surface area (Å²) in [5, 5.41) is 26.0. The van der Waals surface area contributed by atoms with Crippen LogP contribution in [0.25, 0.3) is 0 Å². The van der Waals surface area contributed by atoms with Gasteiger partial charge in [0, 0.05) is 24.4 Å². The fourth-order valence-corrected chi connectivity index (χ4v) is 3.11. The van der Waals surface area contributed by atoms with Crippen LogP contribution in [-0.2, 0) is 13.6 Å². The third-order valence-corrected chi connectivity index (χ3v) is 5.24. The van der Waals surface area contributed by atoms with Crippen molar-refractivity contribution in [3.8, 4) is 5.75 Å². The number of halogens is 2. The smallest absolute Gasteiger partial charge is 0.363 e. The second-order valence-corrected chi connectivity index (χ2v) is 9.02. The van der Waals surface area contributed by atoms with E-state index in [9.17, 15) is 9.67 Å². The standard InChI is InChI=1S/C12H19O5P.2C3H7ClO.Sb/c1-4-16-18(14,17-5-2)12(13)10-6-8-11(15-3)9-7-10;2*1-3(4)2-5;/h6-9,12-13H,4-5H2,1-3H3;2*3,5H,2H2,1H3;. The van der Waals surface area contributed by atoms with Crippen LogP contribution < -0.4 is 4.74 Å². The second-order valence-electron chi connectivity index (χ2n) is 5.45. The minimum atomic E-state index is -3.54. The number of methoxy groups -OCH3 is 1. The van der Waals surface area contributed by atoms with Crippen molar-refractivity contribution in [2.24, 2.45) is 0 Å². The summed E-state index contributed by atoms with van der Waals surface area (Å²) >= 11 is 10.4. The maximum absolute atomic E-state index is 12.3. The van der Waals surface area contributed by atoms with Crippen molar-refractivity contribution in [1.82, 2.24) is 0 Å². The van der Waals surface area contributed by atoms with E-state index >= 15 is 0 Å². The van der Waals surface area contributed by atoms with Gasteiger partial charge in [0.05, 0.1) is 44.3 Å². The van der Waals surface area contributed by atoms with E-state index in [1.807, 2.05) is 0 Å². The first-order chi connectivity index (χ1) is 13.1. The van der Waals surface area contributed by atoms with Gasteiger partial charge in [-0.25, -0.2) is 0 Å². The Morgan fingerprint density at radius 2 is 1.31 bits per heavy atom. The molecule has 1 aromatic rings. The van der Waals surface area contributed by atoms with Gasteiger partial charge in [0.25, 0.3) is 0 Å². The summed E-state index contributed by atoms with van der Waals surface area (Å²) in [6, 6.07) is 6.63. The van der Waals surface area contributed by atoms with E-state index in [-0.39, 0.29) is 61.6 Å². The molecule has 0 fully saturated rings. The fourth-order valence-electron chi connectivity index (χ4n) is 1.50. The molecule has 0 spiro atoms. The van der Waals surface area contributed by atoms with E-state index in [1.54, 1.807) is 59.1 Å². The zero-order chi connectivity index (χ0) is 22.2. The number of aliphatic hydroxyl groups is 3. The number of aliphatic hydroxyl groups excluding tert-OH is 3. The van der Waals surface area contributed by atoms with Crippen LogP contribution in [-0.4, -0.2) is 84.0 Å². The van der Waals surface area contributed by atoms with Crippen LogP contribution in [0, 0.1) is 0 Å². The average molecular weight is 585 g/mol. The molecule has 0 saturated carbocycles. The molecule has 3 atom stereocenters. The van der Waals surface area contributed by atoms with E-state index in [1.165, 1.54) is 0 Å². The van der Waals surface area contributed by atoms with E-state index in [0.29, 0.717) is 11.3 Å². The predicted octanol–water partition coefficient (Wildman–Crippen LogP) is 3.78. The maximum Gasteiger partial charge on any atom is 0.363 e. The zero-order valence-electron chi connectivity index (χ0n) is 17.5. The first-order valence-corrected chi connectivity index (χ1v) is 11.3. The van der Waals surface area contributed by atoms with Crippen molar-refractivity contribution in [3.63, 3.8) is 0 Å². The van der Waals surface area contributed by atoms with Crippen molar-refractivity contribution in [2.45, 2.75) is 44.3 Å². The zero-order valence-corrected chi connectivity index (χ0v) is 22.5. The Bertz CT molecular complexity index is 515. The van der Waals surface area contributed by atoms with Gasteiger partial charge in [-0.15, -0.1) is 23.2 Å². The third kappa shape index (κ3) is 16.8. The maximum atomic E-state index is 12.3. The molecule has 3 radical (unpaired) electrons. The summed E-state index contributed by atoms with van der Waals surface area (Å²) in [7, 11) is -1.99. The molecule has 11 heteroatoms. The molecule has 7 nitrogen and oxygen atoms in total. The van der Waals surface area contributed by atoms with Gasteiger partial charge in [-0.05, 0) is 45.4 Å². The monoisotopic (exact) mass is 583 g/mol. The molecule has 0 aliphatic rings. The predicted molar refractivity (Wildman–Crippen MR) is 119 cm³/mol. The summed E-state index contributed by atoms with van der Waals surface area (Å²) in [5.74, 6) is -0.628. The summed E-state index contributed by atoms with van der Waals surface area (Å²) in [6.45, 7) is 7.44. The van der Waals surface area contributed by atoms with Crippen molar-refractivity contribution >= 4 is 55.2 Å². The Labute approximate surface area is 201 Å². The third-order valence-electron chi connectivity index (χ3n) is 2.83. The van der Waals surface area contributed by atoms with Crippen LogP contribution in [0.3, 0.4) is 0 Å². The molecule has 1 rings (SSSR count). The number of benzene rings is 1. The van der Waals surface area contributed by atoms with E-state index in [4.69, 9.17) is 47.2 Å². The molecule has 0 saturated heterocycles. The van der Waals surface area contributed by atoms with Crippen molar-refractivity contribution < 1.29 is 33.7 Å². The number of hydrogen-bond acceptors (Lipinski definition) is 7. The molecule has 0 heterocycles. The topological polar surface area (TPSA) is 105 Å². The van der Waals surface area contributed by atoms with Gasteiger partial charge in [-0.3, -0.25) is 4.57 Å². The van der Waals surface area contributed by atoms with Crippen molar-refractivity contribution in [2.75, 3.05) is 33.5 Å². The number of hydrogen-bond donors (Lipinski definition) is 3. The largest absolute Gasteiger partial charge is 0.497 e. The van der Waals surface area contributed by atoms with Crippen LogP contribution in [0.15, 0.2) is 24.3 Å². The van der Waals surface area contributed by atoms with Gasteiger partial charge in [0.2, 0.25) is 0 Å². The quantitative estimate of drug-likeness (QED) is 0.230. The average Bonchev–Trinajstić information content (AvgIpc) is 2.68. The van der Waals surface area contributed by atoms with Gasteiger partial charge in [-0.2, -0.15) is 0 Å². The van der Waals surface area contributed by atoms with Crippen LogP contribution >= 0.6 is 30.8 Å². The summed E-state index contributed by atoms with van der Waals surface area (Å²) < 4.78 is 27.5. The van der Waals surface area contributed by atoms with Crippen LogP contribution in [0.4, 0.5) is 0 Å². The molecule has 0 aromatic heterocycles. The molecule has 171 valence electrons. The Morgan fingerprint density at radius 3 is 1.55 bits per heavy atom. The van der Waals surface area contributed by atoms with Gasteiger partial charge in [0.15, 0.2) is 5.85 Å². The molecule has 0 aliphatic heterocycles. The molecule has 29 heavy (non-hydrogen) atoms. The number of rotatable bonds is 9. The first kappa shape index (κ1) is 34.1. The van der Waals surface area contributed by atoms with Gasteiger partial charge in [-0.1, -0.05) is 12.1 Å². The SMILES string of the molecule is CC(Cl)CO.CC(Cl)CO.CCOP(=O)(OCC)C(O)c1ccc(OC)cc1.[Sb]. The Morgan fingerprint density at radius 1 is 0.966 bits per heavy atom. The summed E-state index contributed by atoms with van der Waals surface area (Å²) in [6.07, 6.45) is 0. The minimum Gasteiger partial charge on any atom is -0.497 e. The van der Waals surface area contributed by atoms with Crippen LogP contribution in [0.2, 0.25) is 0 Å². The Kier molecular flexibility index (Phi) is 23.9. The second kappa shape index (κ2) is 20.4. The fraction of sp³-hybridized carbons (Fsp3) is 0.667. The van der Waals surface area contributed by atoms with Crippen LogP contribution in [0.5, 0.6) is 5.75 Å². The summed E-state index contributed by atoms with van der Waals surface area (Å²) in [4.78, 5) is 0. The number of ether oxygens (including phenoxy) is 1. The Balaban J connectivity index is -0.000000512. The molecule has 0 aliphatic carbocycles. The molecule has 1 aromatic carbocycles. The van der Waals surface area contributed by atoms with E-state index in [0.717, 1.165) is 0 Å². The molecule has 0 bridgehead atoms. The van der Waals surface area contributed by atoms with Crippen molar-refractivity contribution in [1.29, 1.82) is 0 Å². The van der Waals surface area contributed by atoms with Crippen molar-refractivity contribution in [3.05, 3.63) is 29.8 Å². The molecular formula is C18H33Cl2O7PSb. The molecule has 3 N–H and O–H groups in total. The normalized spacial score (nSPS) is 13.4. The number of alkyl halides is 2. The molecule has 3 unspecified atom stereocenters. The Hall–Kier alpha value is 0.448. The van der Waals surface area contributed by atoms with E-state index < -0.39 is 13.4 Å². The molecule has 0 amide bonds. The van der Waals surface area contributed by atoms with E-state index in [2.05, 4.69) is 0 Å². The van der Waals surface area contributed by atoms with Gasteiger partial charge in [0.1, 0.15) is 5.75 Å². The van der Waals surface area contributed by atoms with Gasteiger partial charge < -0.3 is 29.1 Å². The minimum absolute atomic E-state index is 0. The summed E-state index contributed by atoms with van der Waals surface area (Å²) in [5.41, 5.74) is 0.473. The van der Waals surface area contributed by atoms with Crippen LogP contribution in [0.1, 0.15) is 39.1 Å². The first-order valence-electron chi connectivity index (χ1n) is 8.82. The van der Waals surface area contributed by atoms with Gasteiger partial charge >= 0.3 is 7.60 Å². The molecular weight excluding hydrogens is 552 g/mol.